The molecule has 0 amide bonds. The van der Waals surface area contributed by atoms with Gasteiger partial charge in [-0.15, -0.1) is 0 Å². The number of rotatable bonds is 4. The fraction of sp³-hybridized carbons (Fsp3) is 0.917. The summed E-state index contributed by atoms with van der Waals surface area (Å²) < 4.78 is 4.77. The minimum absolute atomic E-state index is 0.167. The zero-order valence-electron chi connectivity index (χ0n) is 10.7. The van der Waals surface area contributed by atoms with Crippen LogP contribution in [0.25, 0.3) is 0 Å². The SMILES string of the molecule is CNC(CN1CCCC(C)CC1)C(=O)OC. The van der Waals surface area contributed by atoms with Crippen molar-refractivity contribution in [1.82, 2.24) is 10.2 Å². The standard InChI is InChI=1S/C12H24N2O2/c1-10-5-4-7-14(8-6-10)9-11(13-2)12(15)16-3/h10-11,13H,4-9H2,1-3H3. The lowest BCUT2D eigenvalue weighted by molar-refractivity contribution is -0.143. The zero-order valence-corrected chi connectivity index (χ0v) is 10.7. The van der Waals surface area contributed by atoms with Crippen molar-refractivity contribution in [2.45, 2.75) is 32.2 Å². The van der Waals surface area contributed by atoms with Gasteiger partial charge in [0.2, 0.25) is 0 Å². The van der Waals surface area contributed by atoms with Crippen molar-refractivity contribution in [2.75, 3.05) is 33.8 Å². The molecule has 4 nitrogen and oxygen atoms in total. The van der Waals surface area contributed by atoms with E-state index in [2.05, 4.69) is 17.1 Å². The number of carbonyl (C=O) groups is 1. The van der Waals surface area contributed by atoms with Crippen LogP contribution in [0.2, 0.25) is 0 Å². The molecule has 1 rings (SSSR count). The third kappa shape index (κ3) is 4.10. The van der Waals surface area contributed by atoms with Crippen molar-refractivity contribution in [3.8, 4) is 0 Å². The third-order valence-electron chi connectivity index (χ3n) is 3.38. The molecule has 1 N–H and O–H groups in total. The molecule has 0 spiro atoms. The molecule has 1 heterocycles. The van der Waals surface area contributed by atoms with Crippen LogP contribution >= 0.6 is 0 Å². The van der Waals surface area contributed by atoms with Crippen LogP contribution < -0.4 is 5.32 Å². The smallest absolute Gasteiger partial charge is 0.324 e. The normalized spacial score (nSPS) is 24.8. The minimum atomic E-state index is -0.196. The zero-order chi connectivity index (χ0) is 12.0. The van der Waals surface area contributed by atoms with E-state index in [0.29, 0.717) is 0 Å². The van der Waals surface area contributed by atoms with Crippen LogP contribution in [0, 0.1) is 5.92 Å². The highest BCUT2D eigenvalue weighted by Gasteiger charge is 2.22. The molecule has 0 aromatic heterocycles. The van der Waals surface area contributed by atoms with E-state index >= 15 is 0 Å². The second kappa shape index (κ2) is 6.86. The van der Waals surface area contributed by atoms with E-state index < -0.39 is 0 Å². The molecule has 4 heteroatoms. The maximum absolute atomic E-state index is 11.5. The lowest BCUT2D eigenvalue weighted by Gasteiger charge is -2.24. The van der Waals surface area contributed by atoms with Crippen LogP contribution in [0.5, 0.6) is 0 Å². The van der Waals surface area contributed by atoms with Gasteiger partial charge in [-0.25, -0.2) is 0 Å². The molecule has 0 bridgehead atoms. The molecule has 1 aliphatic rings. The Hall–Kier alpha value is -0.610. The molecule has 1 aliphatic heterocycles. The summed E-state index contributed by atoms with van der Waals surface area (Å²) in [6.07, 6.45) is 3.77. The first kappa shape index (κ1) is 13.5. The van der Waals surface area contributed by atoms with Gasteiger partial charge in [-0.3, -0.25) is 4.79 Å². The van der Waals surface area contributed by atoms with E-state index in [1.165, 1.54) is 26.4 Å². The maximum atomic E-state index is 11.5. The number of esters is 1. The molecule has 1 saturated heterocycles. The fourth-order valence-electron chi connectivity index (χ4n) is 2.19. The predicted octanol–water partition coefficient (Wildman–Crippen LogP) is 0.869. The van der Waals surface area contributed by atoms with Gasteiger partial charge in [-0.1, -0.05) is 6.92 Å². The van der Waals surface area contributed by atoms with E-state index in [0.717, 1.165) is 25.6 Å². The molecular weight excluding hydrogens is 204 g/mol. The van der Waals surface area contributed by atoms with E-state index in [4.69, 9.17) is 4.74 Å². The molecule has 94 valence electrons. The first-order chi connectivity index (χ1) is 7.67. The van der Waals surface area contributed by atoms with Crippen molar-refractivity contribution in [1.29, 1.82) is 0 Å². The molecule has 2 atom stereocenters. The molecule has 1 fully saturated rings. The fourth-order valence-corrected chi connectivity index (χ4v) is 2.19. The van der Waals surface area contributed by atoms with Crippen LogP contribution in [-0.2, 0) is 9.53 Å². The number of ether oxygens (including phenoxy) is 1. The Bertz CT molecular complexity index is 221. The average molecular weight is 228 g/mol. The molecule has 0 saturated carbocycles. The van der Waals surface area contributed by atoms with Gasteiger partial charge in [-0.2, -0.15) is 0 Å². The summed E-state index contributed by atoms with van der Waals surface area (Å²) in [4.78, 5) is 13.8. The largest absolute Gasteiger partial charge is 0.468 e. The van der Waals surface area contributed by atoms with Crippen molar-refractivity contribution in [3.05, 3.63) is 0 Å². The number of likely N-dealkylation sites (N-methyl/N-ethyl adjacent to an activating group) is 1. The summed E-state index contributed by atoms with van der Waals surface area (Å²) in [7, 11) is 3.25. The monoisotopic (exact) mass is 228 g/mol. The van der Waals surface area contributed by atoms with Crippen LogP contribution in [-0.4, -0.2) is 50.7 Å². The summed E-state index contributed by atoms with van der Waals surface area (Å²) in [5.74, 6) is 0.649. The number of likely N-dealkylation sites (tertiary alicyclic amines) is 1. The molecule has 2 unspecified atom stereocenters. The topological polar surface area (TPSA) is 41.6 Å². The number of hydrogen-bond acceptors (Lipinski definition) is 4. The highest BCUT2D eigenvalue weighted by Crippen LogP contribution is 2.16. The van der Waals surface area contributed by atoms with E-state index in [9.17, 15) is 4.79 Å². The van der Waals surface area contributed by atoms with Gasteiger partial charge in [0.1, 0.15) is 6.04 Å². The van der Waals surface area contributed by atoms with Gasteiger partial charge < -0.3 is 15.0 Å². The van der Waals surface area contributed by atoms with Crippen LogP contribution in [0.1, 0.15) is 26.2 Å². The summed E-state index contributed by atoms with van der Waals surface area (Å²) in [5.41, 5.74) is 0. The minimum Gasteiger partial charge on any atom is -0.468 e. The Morgan fingerprint density at radius 1 is 1.50 bits per heavy atom. The molecular formula is C12H24N2O2. The second-order valence-electron chi connectivity index (χ2n) is 4.70. The van der Waals surface area contributed by atoms with Crippen molar-refractivity contribution < 1.29 is 9.53 Å². The van der Waals surface area contributed by atoms with E-state index in [-0.39, 0.29) is 12.0 Å². The van der Waals surface area contributed by atoms with Crippen molar-refractivity contribution in [2.24, 2.45) is 5.92 Å². The van der Waals surface area contributed by atoms with E-state index in [1.54, 1.807) is 0 Å². The predicted molar refractivity (Wildman–Crippen MR) is 64.3 cm³/mol. The summed E-state index contributed by atoms with van der Waals surface area (Å²) in [6.45, 7) is 5.26. The number of nitrogens with zero attached hydrogens (tertiary/aromatic N) is 1. The highest BCUT2D eigenvalue weighted by atomic mass is 16.5. The first-order valence-corrected chi connectivity index (χ1v) is 6.14. The Balaban J connectivity index is 2.41. The maximum Gasteiger partial charge on any atom is 0.324 e. The number of methoxy groups -OCH3 is 1. The van der Waals surface area contributed by atoms with Gasteiger partial charge in [0, 0.05) is 6.54 Å². The Morgan fingerprint density at radius 2 is 2.25 bits per heavy atom. The van der Waals surface area contributed by atoms with Crippen LogP contribution in [0.15, 0.2) is 0 Å². The highest BCUT2D eigenvalue weighted by molar-refractivity contribution is 5.75. The quantitative estimate of drug-likeness (QED) is 0.725. The summed E-state index contributed by atoms with van der Waals surface area (Å²) in [6, 6.07) is -0.196. The molecule has 0 aliphatic carbocycles. The van der Waals surface area contributed by atoms with Gasteiger partial charge in [0.15, 0.2) is 0 Å². The Labute approximate surface area is 98.3 Å². The summed E-state index contributed by atoms with van der Waals surface area (Å²) in [5, 5.41) is 3.02. The van der Waals surface area contributed by atoms with Gasteiger partial charge in [0.05, 0.1) is 7.11 Å². The molecule has 0 aromatic carbocycles. The van der Waals surface area contributed by atoms with Crippen molar-refractivity contribution in [3.63, 3.8) is 0 Å². The molecule has 0 radical (unpaired) electrons. The van der Waals surface area contributed by atoms with Gasteiger partial charge in [0.25, 0.3) is 0 Å². The lowest BCUT2D eigenvalue weighted by atomic mass is 10.0. The average Bonchev–Trinajstić information content (AvgIpc) is 2.50. The number of nitrogens with one attached hydrogen (secondary N) is 1. The van der Waals surface area contributed by atoms with Crippen molar-refractivity contribution >= 4 is 5.97 Å². The van der Waals surface area contributed by atoms with Crippen LogP contribution in [0.3, 0.4) is 0 Å². The van der Waals surface area contributed by atoms with Gasteiger partial charge in [-0.05, 0) is 45.3 Å². The first-order valence-electron chi connectivity index (χ1n) is 6.14. The van der Waals surface area contributed by atoms with E-state index in [1.807, 2.05) is 7.05 Å². The number of carbonyl (C=O) groups excluding carboxylic acids is 1. The molecule has 16 heavy (non-hydrogen) atoms. The van der Waals surface area contributed by atoms with Crippen LogP contribution in [0.4, 0.5) is 0 Å². The summed E-state index contributed by atoms with van der Waals surface area (Å²) >= 11 is 0. The second-order valence-corrected chi connectivity index (χ2v) is 4.70. The third-order valence-corrected chi connectivity index (χ3v) is 3.38. The number of hydrogen-bond donors (Lipinski definition) is 1. The molecule has 0 aromatic rings. The lowest BCUT2D eigenvalue weighted by Crippen LogP contribution is -2.45. The Morgan fingerprint density at radius 3 is 2.88 bits per heavy atom. The van der Waals surface area contributed by atoms with Gasteiger partial charge >= 0.3 is 5.97 Å². The Kier molecular flexibility index (Phi) is 5.77.